The fourth-order valence-corrected chi connectivity index (χ4v) is 0.618. The van der Waals surface area contributed by atoms with E-state index >= 15 is 0 Å². The van der Waals surface area contributed by atoms with E-state index in [1.54, 1.807) is 30.5 Å². The van der Waals surface area contributed by atoms with E-state index in [0.717, 1.165) is 0 Å². The van der Waals surface area contributed by atoms with Gasteiger partial charge in [0.1, 0.15) is 17.8 Å². The van der Waals surface area contributed by atoms with E-state index in [0.29, 0.717) is 5.69 Å². The molecule has 0 bridgehead atoms. The van der Waals surface area contributed by atoms with Crippen molar-refractivity contribution in [2.45, 2.75) is 6.04 Å². The largest absolute Gasteiger partial charge is 0.262 e. The van der Waals surface area contributed by atoms with Gasteiger partial charge < -0.3 is 0 Å². The van der Waals surface area contributed by atoms with Crippen LogP contribution < -0.4 is 0 Å². The van der Waals surface area contributed by atoms with Gasteiger partial charge in [0, 0.05) is 6.20 Å². The van der Waals surface area contributed by atoms with Crippen molar-refractivity contribution in [3.63, 3.8) is 0 Å². The third kappa shape index (κ3) is 2.68. The molecular weight excluding hydrogens is 166 g/mol. The van der Waals surface area contributed by atoms with Crippen LogP contribution in [0.15, 0.2) is 34.8 Å². The Hall–Kier alpha value is -2.27. The van der Waals surface area contributed by atoms with Gasteiger partial charge in [0.2, 0.25) is 6.04 Å². The zero-order chi connectivity index (χ0) is 9.52. The van der Waals surface area contributed by atoms with E-state index in [1.165, 1.54) is 6.20 Å². The van der Waals surface area contributed by atoms with Crippen molar-refractivity contribution < 1.29 is 0 Å². The summed E-state index contributed by atoms with van der Waals surface area (Å²) in [6.07, 6.45) is 3.10. The molecule has 0 aliphatic carbocycles. The highest BCUT2D eigenvalue weighted by Gasteiger charge is 1.99. The van der Waals surface area contributed by atoms with Gasteiger partial charge in [0.25, 0.3) is 0 Å². The quantitative estimate of drug-likeness (QED) is 0.633. The lowest BCUT2D eigenvalue weighted by atomic mass is 10.4. The maximum atomic E-state index is 8.36. The average Bonchev–Trinajstić information content (AvgIpc) is 2.21. The SMILES string of the molecule is N#CC(C#N)N=Nc1cccnc1. The van der Waals surface area contributed by atoms with Gasteiger partial charge in [-0.2, -0.15) is 20.8 Å². The Kier molecular flexibility index (Phi) is 3.11. The first-order valence-corrected chi connectivity index (χ1v) is 3.47. The van der Waals surface area contributed by atoms with Gasteiger partial charge in [-0.25, -0.2) is 0 Å². The predicted molar refractivity (Wildman–Crippen MR) is 43.8 cm³/mol. The second-order valence-corrected chi connectivity index (χ2v) is 2.09. The topological polar surface area (TPSA) is 85.2 Å². The minimum atomic E-state index is -1.04. The molecule has 0 spiro atoms. The molecule has 0 radical (unpaired) electrons. The Bertz CT molecular complexity index is 356. The maximum absolute atomic E-state index is 8.36. The smallest absolute Gasteiger partial charge is 0.242 e. The molecule has 0 aliphatic heterocycles. The molecule has 5 nitrogen and oxygen atoms in total. The lowest BCUT2D eigenvalue weighted by Gasteiger charge is -1.89. The summed E-state index contributed by atoms with van der Waals surface area (Å²) in [6, 6.07) is 5.70. The number of nitriles is 2. The normalized spacial score (nSPS) is 9.77. The summed E-state index contributed by atoms with van der Waals surface area (Å²) in [5.41, 5.74) is 0.526. The molecule has 0 saturated heterocycles. The lowest BCUT2D eigenvalue weighted by Crippen LogP contribution is -1.92. The Balaban J connectivity index is 2.71. The van der Waals surface area contributed by atoms with Crippen LogP contribution in [0.4, 0.5) is 5.69 Å². The van der Waals surface area contributed by atoms with E-state index in [4.69, 9.17) is 10.5 Å². The van der Waals surface area contributed by atoms with Crippen LogP contribution in [0.2, 0.25) is 0 Å². The van der Waals surface area contributed by atoms with E-state index in [2.05, 4.69) is 15.2 Å². The molecule has 1 heterocycles. The third-order valence-electron chi connectivity index (χ3n) is 1.18. The molecule has 13 heavy (non-hydrogen) atoms. The molecule has 1 aromatic heterocycles. The van der Waals surface area contributed by atoms with Crippen LogP contribution in [0.3, 0.4) is 0 Å². The number of nitrogens with zero attached hydrogens (tertiary/aromatic N) is 5. The fourth-order valence-electron chi connectivity index (χ4n) is 0.618. The second-order valence-electron chi connectivity index (χ2n) is 2.09. The number of hydrogen-bond donors (Lipinski definition) is 0. The zero-order valence-electron chi connectivity index (χ0n) is 6.62. The van der Waals surface area contributed by atoms with Gasteiger partial charge in [-0.05, 0) is 12.1 Å². The monoisotopic (exact) mass is 171 g/mol. The van der Waals surface area contributed by atoms with Crippen molar-refractivity contribution in [3.05, 3.63) is 24.5 Å². The summed E-state index contributed by atoms with van der Waals surface area (Å²) in [6.45, 7) is 0. The molecule has 0 atom stereocenters. The van der Waals surface area contributed by atoms with Crippen molar-refractivity contribution >= 4 is 5.69 Å². The highest BCUT2D eigenvalue weighted by Crippen LogP contribution is 2.08. The lowest BCUT2D eigenvalue weighted by molar-refractivity contribution is 0.947. The van der Waals surface area contributed by atoms with Crippen LogP contribution in [0, 0.1) is 22.7 Å². The van der Waals surface area contributed by atoms with Crippen molar-refractivity contribution in [2.24, 2.45) is 10.2 Å². The van der Waals surface area contributed by atoms with E-state index < -0.39 is 6.04 Å². The van der Waals surface area contributed by atoms with Gasteiger partial charge in [-0.1, -0.05) is 0 Å². The molecule has 0 unspecified atom stereocenters. The molecule has 0 aromatic carbocycles. The van der Waals surface area contributed by atoms with E-state index in [1.807, 2.05) is 0 Å². The molecule has 5 heteroatoms. The molecule has 0 aliphatic rings. The summed E-state index contributed by atoms with van der Waals surface area (Å²) >= 11 is 0. The first kappa shape index (κ1) is 8.82. The van der Waals surface area contributed by atoms with Crippen molar-refractivity contribution in [2.75, 3.05) is 0 Å². The zero-order valence-corrected chi connectivity index (χ0v) is 6.62. The molecule has 62 valence electrons. The van der Waals surface area contributed by atoms with Crippen LogP contribution in [-0.2, 0) is 0 Å². The Morgan fingerprint density at radius 1 is 1.38 bits per heavy atom. The summed E-state index contributed by atoms with van der Waals surface area (Å²) in [5, 5.41) is 23.9. The highest BCUT2D eigenvalue weighted by atomic mass is 15.1. The van der Waals surface area contributed by atoms with Crippen LogP contribution in [0.5, 0.6) is 0 Å². The molecule has 1 aromatic rings. The van der Waals surface area contributed by atoms with Crippen LogP contribution in [-0.4, -0.2) is 11.0 Å². The van der Waals surface area contributed by atoms with Crippen LogP contribution >= 0.6 is 0 Å². The summed E-state index contributed by atoms with van der Waals surface area (Å²) < 4.78 is 0. The van der Waals surface area contributed by atoms with Crippen molar-refractivity contribution in [3.8, 4) is 12.1 Å². The fraction of sp³-hybridized carbons (Fsp3) is 0.125. The first-order valence-electron chi connectivity index (χ1n) is 3.47. The standard InChI is InChI=1S/C8H5N5/c9-4-8(5-10)13-12-7-2-1-3-11-6-7/h1-3,6,8H. The molecular formula is C8H5N5. The summed E-state index contributed by atoms with van der Waals surface area (Å²) in [4.78, 5) is 3.79. The molecule has 1 rings (SSSR count). The van der Waals surface area contributed by atoms with Gasteiger partial charge in [0.05, 0.1) is 6.20 Å². The van der Waals surface area contributed by atoms with Gasteiger partial charge in [0.15, 0.2) is 0 Å². The minimum absolute atomic E-state index is 0.526. The van der Waals surface area contributed by atoms with Crippen LogP contribution in [0.1, 0.15) is 0 Å². The summed E-state index contributed by atoms with van der Waals surface area (Å²) in [7, 11) is 0. The number of azo groups is 1. The Morgan fingerprint density at radius 3 is 2.69 bits per heavy atom. The van der Waals surface area contributed by atoms with Gasteiger partial charge in [-0.3, -0.25) is 4.98 Å². The average molecular weight is 171 g/mol. The molecule has 0 saturated carbocycles. The van der Waals surface area contributed by atoms with Gasteiger partial charge in [-0.15, -0.1) is 0 Å². The van der Waals surface area contributed by atoms with Gasteiger partial charge >= 0.3 is 0 Å². The Labute approximate surface area is 75.0 Å². The van der Waals surface area contributed by atoms with E-state index in [9.17, 15) is 0 Å². The number of aromatic nitrogens is 1. The molecule has 0 N–H and O–H groups in total. The predicted octanol–water partition coefficient (Wildman–Crippen LogP) is 1.58. The van der Waals surface area contributed by atoms with Crippen molar-refractivity contribution in [1.82, 2.24) is 4.98 Å². The minimum Gasteiger partial charge on any atom is -0.262 e. The highest BCUT2D eigenvalue weighted by molar-refractivity contribution is 5.31. The molecule has 0 amide bonds. The first-order chi connectivity index (χ1) is 6.36. The third-order valence-corrected chi connectivity index (χ3v) is 1.18. The maximum Gasteiger partial charge on any atom is 0.242 e. The number of hydrogen-bond acceptors (Lipinski definition) is 5. The Morgan fingerprint density at radius 2 is 2.15 bits per heavy atom. The number of rotatable bonds is 2. The summed E-state index contributed by atoms with van der Waals surface area (Å²) in [5.74, 6) is 0. The number of pyridine rings is 1. The molecule has 0 fully saturated rings. The second kappa shape index (κ2) is 4.58. The van der Waals surface area contributed by atoms with Crippen molar-refractivity contribution in [1.29, 1.82) is 10.5 Å². The van der Waals surface area contributed by atoms with Crippen LogP contribution in [0.25, 0.3) is 0 Å². The van der Waals surface area contributed by atoms with E-state index in [-0.39, 0.29) is 0 Å².